The quantitative estimate of drug-likeness (QED) is 0.706. The Hall–Kier alpha value is -3.07. The molecule has 9 nitrogen and oxygen atoms in total. The van der Waals surface area contributed by atoms with Crippen LogP contribution in [0.1, 0.15) is 42.7 Å². The number of aryl methyl sites for hydroxylation is 1. The number of benzene rings is 1. The summed E-state index contributed by atoms with van der Waals surface area (Å²) in [4.78, 5) is 27.2. The zero-order valence-corrected chi connectivity index (χ0v) is 18.6. The van der Waals surface area contributed by atoms with Crippen LogP contribution in [-0.4, -0.2) is 48.3 Å². The minimum absolute atomic E-state index is 0.0199. The Balaban J connectivity index is 1.32. The lowest BCUT2D eigenvalue weighted by atomic mass is 9.96. The second-order valence-electron chi connectivity index (χ2n) is 8.48. The first-order chi connectivity index (χ1) is 15.5. The van der Waals surface area contributed by atoms with Gasteiger partial charge in [0.05, 0.1) is 6.54 Å². The first kappa shape index (κ1) is 22.1. The predicted octanol–water partition coefficient (Wildman–Crippen LogP) is 2.13. The van der Waals surface area contributed by atoms with E-state index in [0.717, 1.165) is 29.9 Å². The number of ether oxygens (including phenoxy) is 2. The van der Waals surface area contributed by atoms with E-state index in [1.165, 1.54) is 0 Å². The van der Waals surface area contributed by atoms with E-state index < -0.39 is 0 Å². The van der Waals surface area contributed by atoms with Gasteiger partial charge in [-0.15, -0.1) is 0 Å². The second-order valence-corrected chi connectivity index (χ2v) is 8.48. The Morgan fingerprint density at radius 3 is 2.94 bits per heavy atom. The Labute approximate surface area is 187 Å². The van der Waals surface area contributed by atoms with Gasteiger partial charge in [-0.05, 0) is 25.8 Å². The number of nitrogens with one attached hydrogen (secondary N) is 2. The number of para-hydroxylation sites is 1. The molecule has 3 heterocycles. The Morgan fingerprint density at radius 1 is 1.25 bits per heavy atom. The fraction of sp³-hybridized carbons (Fsp3) is 0.522. The van der Waals surface area contributed by atoms with Crippen LogP contribution in [0.3, 0.4) is 0 Å². The van der Waals surface area contributed by atoms with Gasteiger partial charge in [-0.2, -0.15) is 0 Å². The molecule has 0 radical (unpaired) electrons. The average Bonchev–Trinajstić information content (AvgIpc) is 3.43. The van der Waals surface area contributed by atoms with E-state index in [9.17, 15) is 9.59 Å². The molecule has 4 rings (SSSR count). The summed E-state index contributed by atoms with van der Waals surface area (Å²) in [5.74, 6) is 1.77. The molecule has 2 aliphatic rings. The first-order valence-electron chi connectivity index (χ1n) is 11.0. The van der Waals surface area contributed by atoms with E-state index in [-0.39, 0.29) is 37.0 Å². The van der Waals surface area contributed by atoms with E-state index >= 15 is 0 Å². The highest BCUT2D eigenvalue weighted by atomic mass is 16.7. The highest BCUT2D eigenvalue weighted by Crippen LogP contribution is 2.35. The smallest absolute Gasteiger partial charge is 0.231 e. The number of fused-ring (bicyclic) bond motifs is 1. The Kier molecular flexibility index (Phi) is 6.94. The van der Waals surface area contributed by atoms with Crippen molar-refractivity contribution in [1.29, 1.82) is 0 Å². The number of likely N-dealkylation sites (N-methyl/N-ethyl adjacent to an activating group) is 1. The molecule has 0 spiro atoms. The van der Waals surface area contributed by atoms with Crippen LogP contribution in [0.15, 0.2) is 28.8 Å². The molecule has 1 aromatic carbocycles. The second kappa shape index (κ2) is 10.0. The van der Waals surface area contributed by atoms with E-state index in [1.807, 2.05) is 25.1 Å². The molecule has 1 aromatic heterocycles. The van der Waals surface area contributed by atoms with Gasteiger partial charge in [0.1, 0.15) is 11.5 Å². The molecule has 2 N–H and O–H groups in total. The molecule has 1 fully saturated rings. The summed E-state index contributed by atoms with van der Waals surface area (Å²) in [6.45, 7) is 3.57. The van der Waals surface area contributed by atoms with Crippen LogP contribution in [-0.2, 0) is 22.7 Å². The third kappa shape index (κ3) is 5.40. The maximum absolute atomic E-state index is 12.7. The zero-order chi connectivity index (χ0) is 22.5. The van der Waals surface area contributed by atoms with Gasteiger partial charge >= 0.3 is 0 Å². The zero-order valence-electron chi connectivity index (χ0n) is 18.6. The lowest BCUT2D eigenvalue weighted by molar-refractivity contribution is -0.135. The summed E-state index contributed by atoms with van der Waals surface area (Å²) in [6, 6.07) is 7.78. The monoisotopic (exact) mass is 442 g/mol. The highest BCUT2D eigenvalue weighted by molar-refractivity contribution is 5.85. The summed E-state index contributed by atoms with van der Waals surface area (Å²) in [5.41, 5.74) is 1.71. The fourth-order valence-corrected chi connectivity index (χ4v) is 4.20. The normalized spacial score (nSPS) is 21.1. The van der Waals surface area contributed by atoms with Crippen LogP contribution < -0.4 is 20.1 Å². The molecule has 172 valence electrons. The summed E-state index contributed by atoms with van der Waals surface area (Å²) >= 11 is 0. The van der Waals surface area contributed by atoms with E-state index in [2.05, 4.69) is 15.8 Å². The van der Waals surface area contributed by atoms with E-state index in [1.54, 1.807) is 18.0 Å². The molecule has 0 aliphatic carbocycles. The van der Waals surface area contributed by atoms with Gasteiger partial charge < -0.3 is 29.5 Å². The summed E-state index contributed by atoms with van der Waals surface area (Å²) in [6.07, 6.45) is 2.60. The van der Waals surface area contributed by atoms with Gasteiger partial charge in [0.2, 0.25) is 18.6 Å². The van der Waals surface area contributed by atoms with Gasteiger partial charge in [-0.25, -0.2) is 0 Å². The van der Waals surface area contributed by atoms with Crippen molar-refractivity contribution in [2.75, 3.05) is 20.4 Å². The van der Waals surface area contributed by atoms with Crippen molar-refractivity contribution in [2.24, 2.45) is 5.92 Å². The number of nitrogens with zero attached hydrogens (tertiary/aromatic N) is 2. The molecule has 2 aliphatic heterocycles. The van der Waals surface area contributed by atoms with E-state index in [4.69, 9.17) is 14.0 Å². The predicted molar refractivity (Wildman–Crippen MR) is 116 cm³/mol. The summed E-state index contributed by atoms with van der Waals surface area (Å²) < 4.78 is 16.1. The van der Waals surface area contributed by atoms with Crippen molar-refractivity contribution in [3.8, 4) is 11.5 Å². The average molecular weight is 443 g/mol. The van der Waals surface area contributed by atoms with Crippen molar-refractivity contribution >= 4 is 11.8 Å². The van der Waals surface area contributed by atoms with Gasteiger partial charge in [-0.3, -0.25) is 9.59 Å². The van der Waals surface area contributed by atoms with E-state index in [0.29, 0.717) is 37.5 Å². The van der Waals surface area contributed by atoms with Gasteiger partial charge in [-0.1, -0.05) is 23.7 Å². The molecule has 2 amide bonds. The van der Waals surface area contributed by atoms with Crippen molar-refractivity contribution in [1.82, 2.24) is 20.7 Å². The van der Waals surface area contributed by atoms with Gasteiger partial charge in [0, 0.05) is 50.1 Å². The molecule has 1 saturated heterocycles. The number of amides is 2. The van der Waals surface area contributed by atoms with Crippen LogP contribution in [0.25, 0.3) is 0 Å². The molecule has 2 aromatic rings. The number of carbonyl (C=O) groups is 2. The molecule has 0 saturated carbocycles. The van der Waals surface area contributed by atoms with Crippen LogP contribution >= 0.6 is 0 Å². The largest absolute Gasteiger partial charge is 0.454 e. The minimum Gasteiger partial charge on any atom is -0.454 e. The molecule has 2 atom stereocenters. The lowest BCUT2D eigenvalue weighted by Gasteiger charge is -2.24. The first-order valence-corrected chi connectivity index (χ1v) is 11.0. The maximum Gasteiger partial charge on any atom is 0.231 e. The molecule has 9 heteroatoms. The molecular weight excluding hydrogens is 412 g/mol. The van der Waals surface area contributed by atoms with Crippen molar-refractivity contribution in [3.05, 3.63) is 41.3 Å². The van der Waals surface area contributed by atoms with Gasteiger partial charge in [0.25, 0.3) is 0 Å². The number of hydrogen-bond donors (Lipinski definition) is 2. The number of aromatic nitrogens is 1. The molecule has 2 unspecified atom stereocenters. The number of hydrogen-bond acceptors (Lipinski definition) is 7. The van der Waals surface area contributed by atoms with Crippen LogP contribution in [0.5, 0.6) is 11.5 Å². The van der Waals surface area contributed by atoms with Gasteiger partial charge in [0.15, 0.2) is 11.5 Å². The van der Waals surface area contributed by atoms with Crippen molar-refractivity contribution < 1.29 is 23.6 Å². The molecule has 32 heavy (non-hydrogen) atoms. The third-order valence-electron chi connectivity index (χ3n) is 6.00. The van der Waals surface area contributed by atoms with Crippen molar-refractivity contribution in [3.63, 3.8) is 0 Å². The SMILES string of the molecule is Cc1cc(CNC(=O)C2CCCC(NCc3cccc4c3OCO4)CN(C)C(=O)C2)no1. The van der Waals surface area contributed by atoms with Crippen LogP contribution in [0.2, 0.25) is 0 Å². The fourth-order valence-electron chi connectivity index (χ4n) is 4.20. The Bertz CT molecular complexity index is 960. The topological polar surface area (TPSA) is 106 Å². The summed E-state index contributed by atoms with van der Waals surface area (Å²) in [7, 11) is 1.80. The minimum atomic E-state index is -0.348. The molecular formula is C23H30N4O5. The van der Waals surface area contributed by atoms with Crippen LogP contribution in [0.4, 0.5) is 0 Å². The lowest BCUT2D eigenvalue weighted by Crippen LogP contribution is -2.41. The highest BCUT2D eigenvalue weighted by Gasteiger charge is 2.27. The number of carbonyl (C=O) groups excluding carboxylic acids is 2. The van der Waals surface area contributed by atoms with Crippen LogP contribution in [0, 0.1) is 12.8 Å². The number of rotatable bonds is 6. The maximum atomic E-state index is 12.7. The third-order valence-corrected chi connectivity index (χ3v) is 6.00. The Morgan fingerprint density at radius 2 is 2.12 bits per heavy atom. The standard InChI is InChI=1S/C23H30N4O5/c1-15-9-19(26-32-15)12-25-23(29)16-5-3-7-18(13-27(2)21(28)10-16)24-11-17-6-4-8-20-22(17)31-14-30-20/h4,6,8-9,16,18,24H,3,5,7,10-14H2,1-2H3,(H,25,29). The summed E-state index contributed by atoms with van der Waals surface area (Å²) in [5, 5.41) is 10.3. The van der Waals surface area contributed by atoms with Crippen molar-refractivity contribution in [2.45, 2.75) is 51.7 Å². The molecule has 0 bridgehead atoms.